The molecule has 1 aromatic rings. The molecule has 0 fully saturated rings. The van der Waals surface area contributed by atoms with Gasteiger partial charge in [-0.25, -0.2) is 4.39 Å². The van der Waals surface area contributed by atoms with E-state index in [0.717, 1.165) is 25.3 Å². The SMILES string of the molecule is CCCCCNc1cc(Cl)c(F)cc1[N+](=O)[O-]. The van der Waals surface area contributed by atoms with E-state index in [4.69, 9.17) is 11.6 Å². The molecule has 17 heavy (non-hydrogen) atoms. The van der Waals surface area contributed by atoms with Gasteiger partial charge in [-0.2, -0.15) is 0 Å². The van der Waals surface area contributed by atoms with Crippen molar-refractivity contribution in [3.63, 3.8) is 0 Å². The first-order valence-corrected chi connectivity index (χ1v) is 5.81. The summed E-state index contributed by atoms with van der Waals surface area (Å²) in [7, 11) is 0. The van der Waals surface area contributed by atoms with Crippen molar-refractivity contribution in [2.24, 2.45) is 0 Å². The van der Waals surface area contributed by atoms with E-state index in [9.17, 15) is 14.5 Å². The van der Waals surface area contributed by atoms with Crippen molar-refractivity contribution in [2.75, 3.05) is 11.9 Å². The number of rotatable bonds is 6. The lowest BCUT2D eigenvalue weighted by molar-refractivity contribution is -0.384. The maximum absolute atomic E-state index is 13.1. The summed E-state index contributed by atoms with van der Waals surface area (Å²) >= 11 is 5.59. The predicted molar refractivity (Wildman–Crippen MR) is 66.1 cm³/mol. The zero-order chi connectivity index (χ0) is 12.8. The Bertz CT molecular complexity index is 413. The van der Waals surface area contributed by atoms with Crippen LogP contribution in [0.4, 0.5) is 15.8 Å². The summed E-state index contributed by atoms with van der Waals surface area (Å²) in [6.45, 7) is 2.67. The van der Waals surface area contributed by atoms with Crippen molar-refractivity contribution in [1.82, 2.24) is 0 Å². The molecule has 0 aromatic heterocycles. The van der Waals surface area contributed by atoms with E-state index in [1.807, 2.05) is 0 Å². The number of unbranched alkanes of at least 4 members (excludes halogenated alkanes) is 2. The van der Waals surface area contributed by atoms with Crippen molar-refractivity contribution >= 4 is 23.0 Å². The van der Waals surface area contributed by atoms with Crippen LogP contribution in [0.15, 0.2) is 12.1 Å². The van der Waals surface area contributed by atoms with Gasteiger partial charge >= 0.3 is 0 Å². The van der Waals surface area contributed by atoms with Crippen LogP contribution in [0.3, 0.4) is 0 Å². The highest BCUT2D eigenvalue weighted by Crippen LogP contribution is 2.30. The van der Waals surface area contributed by atoms with Gasteiger partial charge in [0, 0.05) is 6.54 Å². The van der Waals surface area contributed by atoms with Crippen LogP contribution in [0.1, 0.15) is 26.2 Å². The molecule has 4 nitrogen and oxygen atoms in total. The first kappa shape index (κ1) is 13.7. The molecule has 0 saturated carbocycles. The molecular weight excluding hydrogens is 247 g/mol. The second-order valence-electron chi connectivity index (χ2n) is 3.67. The van der Waals surface area contributed by atoms with Crippen LogP contribution in [-0.2, 0) is 0 Å². The molecule has 0 amide bonds. The van der Waals surface area contributed by atoms with Gasteiger partial charge in [0.15, 0.2) is 0 Å². The van der Waals surface area contributed by atoms with Gasteiger partial charge in [0.05, 0.1) is 16.0 Å². The van der Waals surface area contributed by atoms with Gasteiger partial charge in [-0.3, -0.25) is 10.1 Å². The Morgan fingerprint density at radius 3 is 2.76 bits per heavy atom. The minimum Gasteiger partial charge on any atom is -0.379 e. The van der Waals surface area contributed by atoms with Crippen LogP contribution >= 0.6 is 11.6 Å². The number of nitrogens with zero attached hydrogens (tertiary/aromatic N) is 1. The van der Waals surface area contributed by atoms with Crippen molar-refractivity contribution in [1.29, 1.82) is 0 Å². The molecule has 0 spiro atoms. The zero-order valence-electron chi connectivity index (χ0n) is 9.50. The molecule has 1 aromatic carbocycles. The number of hydrogen-bond donors (Lipinski definition) is 1. The van der Waals surface area contributed by atoms with Crippen LogP contribution < -0.4 is 5.32 Å². The van der Waals surface area contributed by atoms with E-state index in [0.29, 0.717) is 6.54 Å². The molecule has 1 rings (SSSR count). The maximum atomic E-state index is 13.1. The van der Waals surface area contributed by atoms with Gasteiger partial charge in [0.25, 0.3) is 5.69 Å². The van der Waals surface area contributed by atoms with E-state index < -0.39 is 10.7 Å². The third kappa shape index (κ3) is 3.85. The molecule has 6 heteroatoms. The molecular formula is C11H14ClFN2O2. The largest absolute Gasteiger partial charge is 0.379 e. The van der Waals surface area contributed by atoms with Crippen molar-refractivity contribution in [3.05, 3.63) is 33.1 Å². The average Bonchev–Trinajstić information content (AvgIpc) is 2.28. The lowest BCUT2D eigenvalue weighted by Gasteiger charge is -2.07. The van der Waals surface area contributed by atoms with Crippen LogP contribution in [0.2, 0.25) is 5.02 Å². The number of nitro benzene ring substituents is 1. The molecule has 94 valence electrons. The first-order valence-electron chi connectivity index (χ1n) is 5.43. The summed E-state index contributed by atoms with van der Waals surface area (Å²) in [5, 5.41) is 13.5. The molecule has 0 heterocycles. The molecule has 0 atom stereocenters. The van der Waals surface area contributed by atoms with Gasteiger partial charge < -0.3 is 5.32 Å². The van der Waals surface area contributed by atoms with Crippen LogP contribution in [-0.4, -0.2) is 11.5 Å². The maximum Gasteiger partial charge on any atom is 0.295 e. The van der Waals surface area contributed by atoms with Crippen LogP contribution in [0, 0.1) is 15.9 Å². The molecule has 0 aliphatic carbocycles. The number of benzene rings is 1. The standard InChI is InChI=1S/C11H14ClFN2O2/c1-2-3-4-5-14-10-6-8(12)9(13)7-11(10)15(16)17/h6-7,14H,2-5H2,1H3. The summed E-state index contributed by atoms with van der Waals surface area (Å²) in [6.07, 6.45) is 3.01. The first-order chi connectivity index (χ1) is 8.06. The quantitative estimate of drug-likeness (QED) is 0.478. The Hall–Kier alpha value is -1.36. The van der Waals surface area contributed by atoms with E-state index >= 15 is 0 Å². The van der Waals surface area contributed by atoms with E-state index in [1.54, 1.807) is 0 Å². The Morgan fingerprint density at radius 2 is 2.18 bits per heavy atom. The Kier molecular flexibility index (Phi) is 5.15. The lowest BCUT2D eigenvalue weighted by atomic mass is 10.2. The fourth-order valence-electron chi connectivity index (χ4n) is 1.43. The van der Waals surface area contributed by atoms with E-state index in [1.165, 1.54) is 6.07 Å². The summed E-state index contributed by atoms with van der Waals surface area (Å²) in [5.41, 5.74) is -0.0269. The average molecular weight is 261 g/mol. The summed E-state index contributed by atoms with van der Waals surface area (Å²) in [5.74, 6) is -0.780. The number of nitrogens with one attached hydrogen (secondary N) is 1. The highest BCUT2D eigenvalue weighted by Gasteiger charge is 2.17. The Morgan fingerprint density at radius 1 is 1.47 bits per heavy atom. The van der Waals surface area contributed by atoms with E-state index in [2.05, 4.69) is 12.2 Å². The zero-order valence-corrected chi connectivity index (χ0v) is 10.3. The fraction of sp³-hybridized carbons (Fsp3) is 0.455. The highest BCUT2D eigenvalue weighted by atomic mass is 35.5. The second-order valence-corrected chi connectivity index (χ2v) is 4.08. The number of hydrogen-bond acceptors (Lipinski definition) is 3. The van der Waals surface area contributed by atoms with Gasteiger partial charge in [0.2, 0.25) is 0 Å². The number of halogens is 2. The van der Waals surface area contributed by atoms with Crippen molar-refractivity contribution in [3.8, 4) is 0 Å². The van der Waals surface area contributed by atoms with Gasteiger partial charge in [0.1, 0.15) is 11.5 Å². The van der Waals surface area contributed by atoms with Crippen molar-refractivity contribution in [2.45, 2.75) is 26.2 Å². The smallest absolute Gasteiger partial charge is 0.295 e. The second kappa shape index (κ2) is 6.39. The summed E-state index contributed by atoms with van der Waals surface area (Å²) in [6, 6.07) is 2.09. The fourth-order valence-corrected chi connectivity index (χ4v) is 1.59. The minimum absolute atomic E-state index is 0.117. The Balaban J connectivity index is 2.81. The topological polar surface area (TPSA) is 55.2 Å². The molecule has 0 unspecified atom stereocenters. The highest BCUT2D eigenvalue weighted by molar-refractivity contribution is 6.31. The molecule has 0 bridgehead atoms. The minimum atomic E-state index is -0.780. The third-order valence-corrected chi connectivity index (χ3v) is 2.62. The molecule has 0 aliphatic rings. The third-order valence-electron chi connectivity index (χ3n) is 2.33. The molecule has 1 N–H and O–H groups in total. The monoisotopic (exact) mass is 260 g/mol. The molecule has 0 aliphatic heterocycles. The normalized spacial score (nSPS) is 10.3. The van der Waals surface area contributed by atoms with Crippen LogP contribution in [0.25, 0.3) is 0 Å². The van der Waals surface area contributed by atoms with Crippen molar-refractivity contribution < 1.29 is 9.31 Å². The Labute approximate surface area is 104 Å². The summed E-state index contributed by atoms with van der Waals surface area (Å²) in [4.78, 5) is 10.1. The number of nitro groups is 1. The predicted octanol–water partition coefficient (Wildman–Crippen LogP) is 3.99. The van der Waals surface area contributed by atoms with Gasteiger partial charge in [-0.15, -0.1) is 0 Å². The van der Waals surface area contributed by atoms with Gasteiger partial charge in [-0.1, -0.05) is 31.4 Å². The number of anilines is 1. The van der Waals surface area contributed by atoms with Gasteiger partial charge in [-0.05, 0) is 12.5 Å². The van der Waals surface area contributed by atoms with Crippen LogP contribution in [0.5, 0.6) is 0 Å². The molecule has 0 radical (unpaired) electrons. The lowest BCUT2D eigenvalue weighted by Crippen LogP contribution is -2.04. The summed E-state index contributed by atoms with van der Waals surface area (Å²) < 4.78 is 13.1. The molecule has 0 saturated heterocycles. The van der Waals surface area contributed by atoms with E-state index in [-0.39, 0.29) is 16.4 Å².